The molecule has 0 bridgehead atoms. The molecule has 1 aromatic heterocycles. The molecule has 0 radical (unpaired) electrons. The molecule has 0 saturated heterocycles. The largest absolute Gasteiger partial charge is 0.323 e. The molecule has 32 heavy (non-hydrogen) atoms. The van der Waals surface area contributed by atoms with Crippen molar-refractivity contribution in [1.29, 1.82) is 0 Å². The number of halogens is 4. The highest BCUT2D eigenvalue weighted by Gasteiger charge is 2.18. The number of carbonyl (C=O) groups is 1. The molecule has 4 aromatic rings. The average molecular weight is 458 g/mol. The monoisotopic (exact) mass is 458 g/mol. The first kappa shape index (κ1) is 21.6. The van der Waals surface area contributed by atoms with Gasteiger partial charge in [0.05, 0.1) is 11.4 Å². The van der Waals surface area contributed by atoms with Crippen LogP contribution in [-0.2, 0) is 4.79 Å². The third-order valence-electron chi connectivity index (χ3n) is 4.36. The molecule has 10 heteroatoms. The van der Waals surface area contributed by atoms with Gasteiger partial charge in [-0.25, -0.2) is 17.6 Å². The Morgan fingerprint density at radius 3 is 2.12 bits per heavy atom. The van der Waals surface area contributed by atoms with Gasteiger partial charge in [-0.2, -0.15) is 0 Å². The van der Waals surface area contributed by atoms with E-state index >= 15 is 0 Å². The number of rotatable bonds is 6. The number of nitrogens with one attached hydrogen (secondary N) is 1. The first-order valence-electron chi connectivity index (χ1n) is 9.26. The van der Waals surface area contributed by atoms with Crippen LogP contribution in [0.3, 0.4) is 0 Å². The van der Waals surface area contributed by atoms with E-state index < -0.39 is 29.2 Å². The Kier molecular flexibility index (Phi) is 6.22. The summed E-state index contributed by atoms with van der Waals surface area (Å²) in [5.74, 6) is -2.82. The minimum absolute atomic E-state index is 0.149. The Labute approximate surface area is 184 Å². The quantitative estimate of drug-likeness (QED) is 0.318. The maximum atomic E-state index is 13.8. The van der Waals surface area contributed by atoms with Crippen molar-refractivity contribution in [3.05, 3.63) is 90.0 Å². The zero-order chi connectivity index (χ0) is 22.7. The van der Waals surface area contributed by atoms with Crippen LogP contribution in [-0.4, -0.2) is 26.4 Å². The highest BCUT2D eigenvalue weighted by Crippen LogP contribution is 2.28. The Morgan fingerprint density at radius 1 is 0.844 bits per heavy atom. The zero-order valence-corrected chi connectivity index (χ0v) is 17.0. The second-order valence-corrected chi connectivity index (χ2v) is 7.53. The summed E-state index contributed by atoms with van der Waals surface area (Å²) in [6.45, 7) is 0. The van der Waals surface area contributed by atoms with Crippen molar-refractivity contribution >= 4 is 23.4 Å². The fraction of sp³-hybridized carbons (Fsp3) is 0.0455. The standard InChI is InChI=1S/C22H14F4N4OS/c23-14-3-1-13(2-4-14)21-28-29-22(30(21)17-8-5-15(24)6-9-17)32-12-20(31)27-19-10-7-16(25)11-18(19)26/h1-11H,12H2,(H,27,31). The van der Waals surface area contributed by atoms with E-state index in [4.69, 9.17) is 0 Å². The summed E-state index contributed by atoms with van der Waals surface area (Å²) in [5, 5.41) is 10.9. The first-order valence-corrected chi connectivity index (χ1v) is 10.2. The van der Waals surface area contributed by atoms with Crippen molar-refractivity contribution in [2.24, 2.45) is 0 Å². The second kappa shape index (κ2) is 9.23. The minimum Gasteiger partial charge on any atom is -0.323 e. The van der Waals surface area contributed by atoms with Crippen LogP contribution < -0.4 is 5.32 Å². The summed E-state index contributed by atoms with van der Waals surface area (Å²) in [5.41, 5.74) is 0.945. The van der Waals surface area contributed by atoms with Crippen molar-refractivity contribution in [2.45, 2.75) is 5.16 Å². The van der Waals surface area contributed by atoms with Crippen LogP contribution in [0.1, 0.15) is 0 Å². The van der Waals surface area contributed by atoms with Crippen LogP contribution in [0.4, 0.5) is 23.2 Å². The highest BCUT2D eigenvalue weighted by molar-refractivity contribution is 7.99. The molecule has 162 valence electrons. The number of aromatic nitrogens is 3. The molecule has 0 spiro atoms. The van der Waals surface area contributed by atoms with Crippen molar-refractivity contribution in [1.82, 2.24) is 14.8 Å². The molecule has 1 heterocycles. The molecule has 0 unspecified atom stereocenters. The lowest BCUT2D eigenvalue weighted by atomic mass is 10.2. The summed E-state index contributed by atoms with van der Waals surface area (Å²) >= 11 is 1.01. The molecule has 0 aliphatic heterocycles. The first-order chi connectivity index (χ1) is 15.4. The van der Waals surface area contributed by atoms with E-state index in [2.05, 4.69) is 15.5 Å². The van der Waals surface area contributed by atoms with Crippen LogP contribution in [0.5, 0.6) is 0 Å². The molecule has 3 aromatic carbocycles. The van der Waals surface area contributed by atoms with Gasteiger partial charge in [0.1, 0.15) is 23.3 Å². The van der Waals surface area contributed by atoms with Gasteiger partial charge in [0, 0.05) is 17.3 Å². The van der Waals surface area contributed by atoms with Gasteiger partial charge in [0.2, 0.25) is 5.91 Å². The zero-order valence-electron chi connectivity index (χ0n) is 16.2. The van der Waals surface area contributed by atoms with E-state index in [1.54, 1.807) is 4.57 Å². The fourth-order valence-electron chi connectivity index (χ4n) is 2.88. The van der Waals surface area contributed by atoms with Gasteiger partial charge in [-0.05, 0) is 60.7 Å². The molecule has 0 atom stereocenters. The molecule has 0 fully saturated rings. The Morgan fingerprint density at radius 2 is 1.47 bits per heavy atom. The number of thioether (sulfide) groups is 1. The van der Waals surface area contributed by atoms with Crippen LogP contribution in [0, 0.1) is 23.3 Å². The molecule has 4 rings (SSSR count). The predicted molar refractivity (Wildman–Crippen MR) is 112 cm³/mol. The molecule has 1 amide bonds. The summed E-state index contributed by atoms with van der Waals surface area (Å²) in [7, 11) is 0. The van der Waals surface area contributed by atoms with E-state index in [0.717, 1.165) is 23.9 Å². The summed E-state index contributed by atoms with van der Waals surface area (Å²) in [4.78, 5) is 12.3. The van der Waals surface area contributed by atoms with Gasteiger partial charge < -0.3 is 5.32 Å². The van der Waals surface area contributed by atoms with Crippen LogP contribution in [0.2, 0.25) is 0 Å². The van der Waals surface area contributed by atoms with Gasteiger partial charge in [-0.1, -0.05) is 11.8 Å². The van der Waals surface area contributed by atoms with E-state index in [1.807, 2.05) is 0 Å². The molecule has 1 N–H and O–H groups in total. The van der Waals surface area contributed by atoms with E-state index in [0.29, 0.717) is 28.3 Å². The molecule has 5 nitrogen and oxygen atoms in total. The van der Waals surface area contributed by atoms with E-state index in [9.17, 15) is 22.4 Å². The molecule has 0 saturated carbocycles. The lowest BCUT2D eigenvalue weighted by molar-refractivity contribution is -0.113. The Bertz CT molecular complexity index is 1260. The molecule has 0 aliphatic carbocycles. The lowest BCUT2D eigenvalue weighted by Crippen LogP contribution is -2.15. The van der Waals surface area contributed by atoms with Gasteiger partial charge in [-0.3, -0.25) is 9.36 Å². The second-order valence-electron chi connectivity index (χ2n) is 6.59. The van der Waals surface area contributed by atoms with Crippen LogP contribution >= 0.6 is 11.8 Å². The number of hydrogen-bond donors (Lipinski definition) is 1. The van der Waals surface area contributed by atoms with Gasteiger partial charge >= 0.3 is 0 Å². The predicted octanol–water partition coefficient (Wildman–Crippen LogP) is 5.22. The fourth-order valence-corrected chi connectivity index (χ4v) is 3.63. The Hall–Kier alpha value is -3.66. The highest BCUT2D eigenvalue weighted by atomic mass is 32.2. The smallest absolute Gasteiger partial charge is 0.234 e. The van der Waals surface area contributed by atoms with Crippen molar-refractivity contribution in [2.75, 3.05) is 11.1 Å². The van der Waals surface area contributed by atoms with Crippen LogP contribution in [0.25, 0.3) is 17.1 Å². The summed E-state index contributed by atoms with van der Waals surface area (Å²) < 4.78 is 55.2. The number of anilines is 1. The van der Waals surface area contributed by atoms with E-state index in [1.165, 1.54) is 48.5 Å². The van der Waals surface area contributed by atoms with Crippen molar-refractivity contribution in [3.8, 4) is 17.1 Å². The number of nitrogens with zero attached hydrogens (tertiary/aromatic N) is 3. The van der Waals surface area contributed by atoms with Crippen LogP contribution in [0.15, 0.2) is 71.9 Å². The number of amides is 1. The summed E-state index contributed by atoms with van der Waals surface area (Å²) in [6.07, 6.45) is 0. The normalized spacial score (nSPS) is 10.9. The third kappa shape index (κ3) is 4.80. The van der Waals surface area contributed by atoms with E-state index in [-0.39, 0.29) is 11.4 Å². The maximum absolute atomic E-state index is 13.8. The van der Waals surface area contributed by atoms with Gasteiger partial charge in [0.15, 0.2) is 11.0 Å². The summed E-state index contributed by atoms with van der Waals surface area (Å²) in [6, 6.07) is 14.0. The topological polar surface area (TPSA) is 59.8 Å². The van der Waals surface area contributed by atoms with Crippen molar-refractivity contribution < 1.29 is 22.4 Å². The average Bonchev–Trinajstić information content (AvgIpc) is 3.19. The van der Waals surface area contributed by atoms with Gasteiger partial charge in [-0.15, -0.1) is 10.2 Å². The third-order valence-corrected chi connectivity index (χ3v) is 5.29. The number of hydrogen-bond acceptors (Lipinski definition) is 4. The maximum Gasteiger partial charge on any atom is 0.234 e. The lowest BCUT2D eigenvalue weighted by Gasteiger charge is -2.11. The molecular formula is C22H14F4N4OS. The molecular weight excluding hydrogens is 444 g/mol. The van der Waals surface area contributed by atoms with Gasteiger partial charge in [0.25, 0.3) is 0 Å². The van der Waals surface area contributed by atoms with Crippen molar-refractivity contribution in [3.63, 3.8) is 0 Å². The minimum atomic E-state index is -0.892. The SMILES string of the molecule is O=C(CSc1nnc(-c2ccc(F)cc2)n1-c1ccc(F)cc1)Nc1ccc(F)cc1F. The number of benzene rings is 3. The molecule has 0 aliphatic rings. The number of carbonyl (C=O) groups excluding carboxylic acids is 1. The Balaban J connectivity index is 1.60.